The maximum atomic E-state index is 13.5. The summed E-state index contributed by atoms with van der Waals surface area (Å²) < 4.78 is 23.2. The number of ether oxygens (including phenoxy) is 4. The smallest absolute Gasteiger partial charge is 0.410 e. The van der Waals surface area contributed by atoms with Gasteiger partial charge in [0.25, 0.3) is 0 Å². The molecule has 2 aliphatic rings. The van der Waals surface area contributed by atoms with Crippen LogP contribution < -0.4 is 20.1 Å². The highest BCUT2D eigenvalue weighted by molar-refractivity contribution is 6.38. The lowest BCUT2D eigenvalue weighted by atomic mass is 10.1. The molecule has 0 aromatic heterocycles. The molecule has 2 aliphatic heterocycles. The third-order valence-electron chi connectivity index (χ3n) is 12.1. The number of urea groups is 2. The number of nitrogens with zero attached hydrogens (tertiary/aromatic N) is 6. The van der Waals surface area contributed by atoms with Crippen LogP contribution in [-0.2, 0) is 41.7 Å². The van der Waals surface area contributed by atoms with Gasteiger partial charge in [0, 0.05) is 65.4 Å². The van der Waals surface area contributed by atoms with Crippen LogP contribution in [0.2, 0.25) is 0 Å². The van der Waals surface area contributed by atoms with E-state index >= 15 is 0 Å². The molecule has 382 valence electrons. The van der Waals surface area contributed by atoms with Crippen LogP contribution in [0.1, 0.15) is 62.0 Å². The van der Waals surface area contributed by atoms with Crippen molar-refractivity contribution in [2.75, 3.05) is 78.8 Å². The zero-order chi connectivity index (χ0) is 51.6. The number of hydrogen-bond acceptors (Lipinski definition) is 12. The molecule has 4 aromatic carbocycles. The molecule has 0 saturated carbocycles. The molecule has 10 amide bonds. The molecule has 2 heterocycles. The minimum absolute atomic E-state index is 0.100. The summed E-state index contributed by atoms with van der Waals surface area (Å²) in [7, 11) is 0. The predicted molar refractivity (Wildman–Crippen MR) is 262 cm³/mol. The van der Waals surface area contributed by atoms with E-state index in [-0.39, 0.29) is 90.3 Å². The second-order valence-corrected chi connectivity index (χ2v) is 16.9. The van der Waals surface area contributed by atoms with Gasteiger partial charge >= 0.3 is 47.9 Å². The summed E-state index contributed by atoms with van der Waals surface area (Å²) in [4.78, 5) is 110. The van der Waals surface area contributed by atoms with Gasteiger partial charge < -0.3 is 49.2 Å². The van der Waals surface area contributed by atoms with Crippen LogP contribution in [0.5, 0.6) is 11.5 Å². The SMILES string of the molecule is CCN1CCN(C(=O)NC(C)c2ccc(OC(=O)N(CCOCCOCCN(Cc3ccccc3)C(=O)Oc3ccc(C(C)NC(=O)N4CCN(CC)C(=O)C4=O)cc3)Cc3ccccc3)cc2)C(=O)C1=O. The molecule has 0 aliphatic carbocycles. The molecular formula is C52H62N8O12. The Balaban J connectivity index is 0.943. The summed E-state index contributed by atoms with van der Waals surface area (Å²) >= 11 is 0. The standard InChI is InChI=1S/C52H62N8O12/c1-5-55-25-27-59(47(63)45(55)61)49(65)53-37(3)41-17-21-43(22-18-41)71-51(67)57(35-39-13-9-7-10-14-39)29-31-69-33-34-70-32-30-58(36-40-15-11-8-12-16-40)52(68)72-44-23-19-42(20-24-44)38(4)54-50(66)60-28-26-56(6-2)46(62)48(60)64/h7-24,37-38H,5-6,25-36H2,1-4H3,(H,53,65)(H,54,66). The number of amides is 10. The first-order valence-corrected chi connectivity index (χ1v) is 24.0. The van der Waals surface area contributed by atoms with Crippen molar-refractivity contribution in [3.63, 3.8) is 0 Å². The summed E-state index contributed by atoms with van der Waals surface area (Å²) in [5.41, 5.74) is 3.15. The Hall–Kier alpha value is -7.84. The largest absolute Gasteiger partial charge is 0.415 e. The first kappa shape index (κ1) is 53.5. The molecule has 2 atom stereocenters. The number of benzene rings is 4. The van der Waals surface area contributed by atoms with E-state index in [0.717, 1.165) is 20.9 Å². The van der Waals surface area contributed by atoms with Gasteiger partial charge in [0.15, 0.2) is 0 Å². The van der Waals surface area contributed by atoms with Gasteiger partial charge in [-0.1, -0.05) is 84.9 Å². The Kier molecular flexibility index (Phi) is 19.6. The number of imide groups is 2. The molecule has 0 bridgehead atoms. The molecule has 2 fully saturated rings. The van der Waals surface area contributed by atoms with Gasteiger partial charge in [-0.25, -0.2) is 19.2 Å². The average molecular weight is 991 g/mol. The fourth-order valence-corrected chi connectivity index (χ4v) is 7.76. The second-order valence-electron chi connectivity index (χ2n) is 16.9. The molecule has 20 nitrogen and oxygen atoms in total. The molecule has 0 radical (unpaired) electrons. The quantitative estimate of drug-likeness (QED) is 0.0799. The van der Waals surface area contributed by atoms with Gasteiger partial charge in [-0.15, -0.1) is 0 Å². The summed E-state index contributed by atoms with van der Waals surface area (Å²) in [6.07, 6.45) is -1.20. The number of carbonyl (C=O) groups is 8. The second kappa shape index (κ2) is 26.4. The maximum Gasteiger partial charge on any atom is 0.415 e. The van der Waals surface area contributed by atoms with Crippen LogP contribution in [0.3, 0.4) is 0 Å². The van der Waals surface area contributed by atoms with Gasteiger partial charge in [0.1, 0.15) is 11.5 Å². The van der Waals surface area contributed by atoms with Crippen LogP contribution in [-0.4, -0.2) is 156 Å². The van der Waals surface area contributed by atoms with E-state index in [9.17, 15) is 38.4 Å². The van der Waals surface area contributed by atoms with Crippen LogP contribution in [0, 0.1) is 0 Å². The highest BCUT2D eigenvalue weighted by Crippen LogP contribution is 2.22. The van der Waals surface area contributed by atoms with E-state index in [1.807, 2.05) is 60.7 Å². The third-order valence-corrected chi connectivity index (χ3v) is 12.1. The monoisotopic (exact) mass is 990 g/mol. The number of rotatable bonds is 21. The van der Waals surface area contributed by atoms with Crippen molar-refractivity contribution in [1.29, 1.82) is 0 Å². The molecule has 2 unspecified atom stereocenters. The molecule has 2 saturated heterocycles. The van der Waals surface area contributed by atoms with E-state index in [4.69, 9.17) is 18.9 Å². The highest BCUT2D eigenvalue weighted by Gasteiger charge is 2.37. The Morgan fingerprint density at radius 2 is 0.861 bits per heavy atom. The van der Waals surface area contributed by atoms with Crippen molar-refractivity contribution >= 4 is 47.9 Å². The van der Waals surface area contributed by atoms with E-state index < -0.39 is 60.0 Å². The number of hydrogen-bond donors (Lipinski definition) is 2. The minimum Gasteiger partial charge on any atom is -0.410 e. The van der Waals surface area contributed by atoms with E-state index in [1.165, 1.54) is 19.6 Å². The van der Waals surface area contributed by atoms with Crippen molar-refractivity contribution in [3.8, 4) is 11.5 Å². The summed E-state index contributed by atoms with van der Waals surface area (Å²) in [5.74, 6) is -2.60. The predicted octanol–water partition coefficient (Wildman–Crippen LogP) is 5.34. The van der Waals surface area contributed by atoms with Crippen molar-refractivity contribution in [3.05, 3.63) is 131 Å². The Morgan fingerprint density at radius 1 is 0.500 bits per heavy atom. The third kappa shape index (κ3) is 14.8. The minimum atomic E-state index is -0.867. The van der Waals surface area contributed by atoms with Crippen molar-refractivity contribution in [1.82, 2.24) is 40.0 Å². The summed E-state index contributed by atoms with van der Waals surface area (Å²) in [5, 5.41) is 5.52. The molecular weight excluding hydrogens is 929 g/mol. The molecule has 4 aromatic rings. The molecule has 6 rings (SSSR count). The fourth-order valence-electron chi connectivity index (χ4n) is 7.76. The lowest BCUT2D eigenvalue weighted by Gasteiger charge is -2.32. The fraction of sp³-hybridized carbons (Fsp3) is 0.385. The zero-order valence-corrected chi connectivity index (χ0v) is 41.0. The van der Waals surface area contributed by atoms with Gasteiger partial charge in [-0.2, -0.15) is 0 Å². The summed E-state index contributed by atoms with van der Waals surface area (Å²) in [6.45, 7) is 10.2. The normalized spacial score (nSPS) is 14.7. The zero-order valence-electron chi connectivity index (χ0n) is 41.0. The van der Waals surface area contributed by atoms with E-state index in [0.29, 0.717) is 24.2 Å². The van der Waals surface area contributed by atoms with Crippen LogP contribution in [0.15, 0.2) is 109 Å². The number of likely N-dealkylation sites (N-methyl/N-ethyl adjacent to an activating group) is 2. The Labute approximate surface area is 418 Å². The Bertz CT molecular complexity index is 2320. The topological polar surface area (TPSA) is 217 Å². The van der Waals surface area contributed by atoms with Crippen molar-refractivity contribution in [2.24, 2.45) is 0 Å². The lowest BCUT2D eigenvalue weighted by Crippen LogP contribution is -2.58. The van der Waals surface area contributed by atoms with Crippen molar-refractivity contribution in [2.45, 2.75) is 52.9 Å². The van der Waals surface area contributed by atoms with E-state index in [2.05, 4.69) is 10.6 Å². The van der Waals surface area contributed by atoms with Crippen molar-refractivity contribution < 1.29 is 57.3 Å². The molecule has 72 heavy (non-hydrogen) atoms. The van der Waals surface area contributed by atoms with Gasteiger partial charge in [0.05, 0.1) is 38.5 Å². The number of nitrogens with one attached hydrogen (secondary N) is 2. The first-order valence-electron chi connectivity index (χ1n) is 24.0. The number of piperazine rings is 2. The highest BCUT2D eigenvalue weighted by atomic mass is 16.6. The van der Waals surface area contributed by atoms with Crippen LogP contribution in [0.4, 0.5) is 19.2 Å². The van der Waals surface area contributed by atoms with Crippen LogP contribution >= 0.6 is 0 Å². The average Bonchev–Trinajstić information content (AvgIpc) is 3.38. The summed E-state index contributed by atoms with van der Waals surface area (Å²) in [6, 6.07) is 29.7. The Morgan fingerprint density at radius 3 is 1.21 bits per heavy atom. The van der Waals surface area contributed by atoms with Gasteiger partial charge in [0.2, 0.25) is 0 Å². The molecule has 20 heteroatoms. The molecule has 2 N–H and O–H groups in total. The van der Waals surface area contributed by atoms with Gasteiger partial charge in [-0.3, -0.25) is 29.0 Å². The lowest BCUT2D eigenvalue weighted by molar-refractivity contribution is -0.153. The van der Waals surface area contributed by atoms with Crippen LogP contribution in [0.25, 0.3) is 0 Å². The first-order chi connectivity index (χ1) is 34.8. The number of carbonyl (C=O) groups excluding carboxylic acids is 8. The molecule has 0 spiro atoms. The van der Waals surface area contributed by atoms with E-state index in [1.54, 1.807) is 76.2 Å². The van der Waals surface area contributed by atoms with Gasteiger partial charge in [-0.05, 0) is 74.2 Å². The maximum absolute atomic E-state index is 13.5.